The number of carboxylic acid groups (broad SMARTS) is 1. The Morgan fingerprint density at radius 2 is 1.65 bits per heavy atom. The smallest absolute Gasteiger partial charge is 0.323 e. The molecule has 0 bridgehead atoms. The molecule has 0 unspecified atom stereocenters. The minimum atomic E-state index is -1.01. The molecule has 1 N–H and O–H groups in total. The van der Waals surface area contributed by atoms with Crippen LogP contribution in [0.5, 0.6) is 0 Å². The lowest BCUT2D eigenvalue weighted by atomic mass is 10.00. The van der Waals surface area contributed by atoms with Gasteiger partial charge in [-0.25, -0.2) is 0 Å². The minimum Gasteiger partial charge on any atom is -0.480 e. The van der Waals surface area contributed by atoms with E-state index in [1.807, 2.05) is 32.9 Å². The number of nitrogens with zero attached hydrogens (tertiary/aromatic N) is 1. The van der Waals surface area contributed by atoms with Crippen LogP contribution in [0, 0.1) is 0 Å². The van der Waals surface area contributed by atoms with Crippen molar-refractivity contribution in [1.82, 2.24) is 4.90 Å². The van der Waals surface area contributed by atoms with E-state index in [9.17, 15) is 9.59 Å². The van der Waals surface area contributed by atoms with E-state index in [0.29, 0.717) is 11.5 Å². The summed E-state index contributed by atoms with van der Waals surface area (Å²) in [7, 11) is 0. The maximum atomic E-state index is 12.5. The first-order valence-electron chi connectivity index (χ1n) is 6.76. The summed E-state index contributed by atoms with van der Waals surface area (Å²) in [6.45, 7) is 9.36. The van der Waals surface area contributed by atoms with Gasteiger partial charge in [-0.05, 0) is 44.4 Å². The topological polar surface area (TPSA) is 57.6 Å². The molecule has 1 aromatic carbocycles. The van der Waals surface area contributed by atoms with Gasteiger partial charge >= 0.3 is 5.97 Å². The average Bonchev–Trinajstić information content (AvgIpc) is 2.33. The maximum absolute atomic E-state index is 12.5. The third-order valence-corrected chi connectivity index (χ3v) is 3.17. The van der Waals surface area contributed by atoms with Crippen LogP contribution >= 0.6 is 0 Å². The lowest BCUT2D eigenvalue weighted by molar-refractivity contribution is -0.138. The molecule has 0 atom stereocenters. The first-order valence-corrected chi connectivity index (χ1v) is 6.76. The summed E-state index contributed by atoms with van der Waals surface area (Å²) in [6.07, 6.45) is 0. The standard InChI is InChI=1S/C16H23NO3/c1-11(2)12-6-8-13(9-7-12)15(20)17(10-14(18)19)16(3,4)5/h6-9,11H,10H2,1-5H3,(H,18,19). The molecule has 0 saturated heterocycles. The van der Waals surface area contributed by atoms with Gasteiger partial charge in [0.1, 0.15) is 6.54 Å². The lowest BCUT2D eigenvalue weighted by Crippen LogP contribution is -2.48. The number of hydrogen-bond donors (Lipinski definition) is 1. The van der Waals surface area contributed by atoms with E-state index in [1.54, 1.807) is 12.1 Å². The van der Waals surface area contributed by atoms with E-state index in [-0.39, 0.29) is 12.5 Å². The molecule has 0 aliphatic carbocycles. The summed E-state index contributed by atoms with van der Waals surface area (Å²) in [5, 5.41) is 8.97. The monoisotopic (exact) mass is 277 g/mol. The van der Waals surface area contributed by atoms with Crippen LogP contribution in [0.3, 0.4) is 0 Å². The molecule has 1 amide bonds. The first-order chi connectivity index (χ1) is 9.12. The first kappa shape index (κ1) is 16.2. The van der Waals surface area contributed by atoms with E-state index in [1.165, 1.54) is 4.90 Å². The Morgan fingerprint density at radius 1 is 1.15 bits per heavy atom. The van der Waals surface area contributed by atoms with E-state index >= 15 is 0 Å². The average molecular weight is 277 g/mol. The molecular formula is C16H23NO3. The van der Waals surface area contributed by atoms with Crippen LogP contribution in [-0.4, -0.2) is 34.0 Å². The van der Waals surface area contributed by atoms with Gasteiger partial charge < -0.3 is 10.0 Å². The van der Waals surface area contributed by atoms with Gasteiger partial charge in [0.15, 0.2) is 0 Å². The van der Waals surface area contributed by atoms with Crippen molar-refractivity contribution in [1.29, 1.82) is 0 Å². The Balaban J connectivity index is 3.03. The summed E-state index contributed by atoms with van der Waals surface area (Å²) in [6, 6.07) is 7.36. The molecule has 0 saturated carbocycles. The van der Waals surface area contributed by atoms with Crippen molar-refractivity contribution >= 4 is 11.9 Å². The van der Waals surface area contributed by atoms with Crippen molar-refractivity contribution in [2.75, 3.05) is 6.54 Å². The highest BCUT2D eigenvalue weighted by Crippen LogP contribution is 2.19. The number of benzene rings is 1. The third-order valence-electron chi connectivity index (χ3n) is 3.17. The van der Waals surface area contributed by atoms with Crippen LogP contribution in [0.25, 0.3) is 0 Å². The maximum Gasteiger partial charge on any atom is 0.323 e. The van der Waals surface area contributed by atoms with Gasteiger partial charge in [-0.2, -0.15) is 0 Å². The van der Waals surface area contributed by atoms with Crippen LogP contribution in [0.15, 0.2) is 24.3 Å². The van der Waals surface area contributed by atoms with Gasteiger partial charge in [-0.1, -0.05) is 26.0 Å². The minimum absolute atomic E-state index is 0.254. The fourth-order valence-electron chi connectivity index (χ4n) is 1.92. The Morgan fingerprint density at radius 3 is 2.00 bits per heavy atom. The fraction of sp³-hybridized carbons (Fsp3) is 0.500. The van der Waals surface area contributed by atoms with E-state index in [4.69, 9.17) is 5.11 Å². The highest BCUT2D eigenvalue weighted by Gasteiger charge is 2.29. The zero-order valence-corrected chi connectivity index (χ0v) is 12.8. The molecule has 0 heterocycles. The summed E-state index contributed by atoms with van der Waals surface area (Å²) in [5.41, 5.74) is 1.14. The molecule has 4 heteroatoms. The largest absolute Gasteiger partial charge is 0.480 e. The molecule has 0 aliphatic rings. The summed E-state index contributed by atoms with van der Waals surface area (Å²) < 4.78 is 0. The lowest BCUT2D eigenvalue weighted by Gasteiger charge is -2.34. The van der Waals surface area contributed by atoms with Gasteiger partial charge in [0, 0.05) is 11.1 Å². The number of carbonyl (C=O) groups is 2. The van der Waals surface area contributed by atoms with Gasteiger partial charge in [0.05, 0.1) is 0 Å². The summed E-state index contributed by atoms with van der Waals surface area (Å²) in [5.74, 6) is -0.862. The van der Waals surface area contributed by atoms with Crippen LogP contribution in [0.2, 0.25) is 0 Å². The zero-order chi connectivity index (χ0) is 15.5. The quantitative estimate of drug-likeness (QED) is 0.919. The van der Waals surface area contributed by atoms with Crippen molar-refractivity contribution in [3.63, 3.8) is 0 Å². The Bertz CT molecular complexity index is 483. The van der Waals surface area contributed by atoms with Gasteiger partial charge in [-0.3, -0.25) is 9.59 Å². The van der Waals surface area contributed by atoms with Crippen molar-refractivity contribution in [2.45, 2.75) is 46.1 Å². The third kappa shape index (κ3) is 4.08. The SMILES string of the molecule is CC(C)c1ccc(C(=O)N(CC(=O)O)C(C)(C)C)cc1. The van der Waals surface area contributed by atoms with Crippen molar-refractivity contribution in [3.8, 4) is 0 Å². The number of carboxylic acids is 1. The fourth-order valence-corrected chi connectivity index (χ4v) is 1.92. The summed E-state index contributed by atoms with van der Waals surface area (Å²) in [4.78, 5) is 24.8. The van der Waals surface area contributed by atoms with Crippen LogP contribution in [0.4, 0.5) is 0 Å². The van der Waals surface area contributed by atoms with E-state index < -0.39 is 11.5 Å². The Hall–Kier alpha value is -1.84. The molecule has 1 rings (SSSR count). The predicted octanol–water partition coefficient (Wildman–Crippen LogP) is 3.14. The predicted molar refractivity (Wildman–Crippen MR) is 79.0 cm³/mol. The second-order valence-corrected chi connectivity index (χ2v) is 6.23. The van der Waals surface area contributed by atoms with Crippen LogP contribution in [-0.2, 0) is 4.79 Å². The summed E-state index contributed by atoms with van der Waals surface area (Å²) >= 11 is 0. The molecule has 0 aromatic heterocycles. The van der Waals surface area contributed by atoms with E-state index in [2.05, 4.69) is 13.8 Å². The van der Waals surface area contributed by atoms with Crippen molar-refractivity contribution in [2.24, 2.45) is 0 Å². The Kier molecular flexibility index (Phi) is 4.93. The second-order valence-electron chi connectivity index (χ2n) is 6.23. The van der Waals surface area contributed by atoms with Gasteiger partial charge in [0.2, 0.25) is 0 Å². The molecule has 110 valence electrons. The van der Waals surface area contributed by atoms with Crippen LogP contribution in [0.1, 0.15) is 56.5 Å². The molecule has 0 spiro atoms. The van der Waals surface area contributed by atoms with E-state index in [0.717, 1.165) is 5.56 Å². The Labute approximate surface area is 120 Å². The number of rotatable bonds is 4. The number of hydrogen-bond acceptors (Lipinski definition) is 2. The van der Waals surface area contributed by atoms with Gasteiger partial charge in [-0.15, -0.1) is 0 Å². The zero-order valence-electron chi connectivity index (χ0n) is 12.8. The second kappa shape index (κ2) is 6.07. The molecule has 20 heavy (non-hydrogen) atoms. The van der Waals surface area contributed by atoms with Gasteiger partial charge in [0.25, 0.3) is 5.91 Å². The highest BCUT2D eigenvalue weighted by atomic mass is 16.4. The highest BCUT2D eigenvalue weighted by molar-refractivity contribution is 5.96. The molecule has 0 radical (unpaired) electrons. The number of amides is 1. The molecule has 1 aromatic rings. The van der Waals surface area contributed by atoms with Crippen LogP contribution < -0.4 is 0 Å². The number of aliphatic carboxylic acids is 1. The normalized spacial score (nSPS) is 11.5. The molecule has 4 nitrogen and oxygen atoms in total. The molecular weight excluding hydrogens is 254 g/mol. The van der Waals surface area contributed by atoms with Crippen molar-refractivity contribution < 1.29 is 14.7 Å². The van der Waals surface area contributed by atoms with Crippen molar-refractivity contribution in [3.05, 3.63) is 35.4 Å². The number of carbonyl (C=O) groups excluding carboxylic acids is 1. The molecule has 0 fully saturated rings. The molecule has 0 aliphatic heterocycles.